The van der Waals surface area contributed by atoms with Gasteiger partial charge in [0.15, 0.2) is 17.1 Å². The molecular weight excluding hydrogens is 360 g/mol. The molecule has 7 nitrogen and oxygen atoms in total. The van der Waals surface area contributed by atoms with Crippen LogP contribution in [-0.2, 0) is 4.79 Å². The summed E-state index contributed by atoms with van der Waals surface area (Å²) in [7, 11) is 3.21. The molecule has 3 aromatic rings. The van der Waals surface area contributed by atoms with E-state index in [2.05, 4.69) is 10.3 Å². The van der Waals surface area contributed by atoms with E-state index in [1.165, 1.54) is 0 Å². The molecule has 4 rings (SSSR count). The summed E-state index contributed by atoms with van der Waals surface area (Å²) in [5, 5.41) is 2.91. The van der Waals surface area contributed by atoms with Gasteiger partial charge in [-0.1, -0.05) is 6.07 Å². The molecule has 0 bridgehead atoms. The Balaban J connectivity index is 1.51. The van der Waals surface area contributed by atoms with Crippen molar-refractivity contribution in [2.45, 2.75) is 25.2 Å². The normalized spacial score (nSPS) is 14.6. The number of ether oxygens (including phenoxy) is 2. The second kappa shape index (κ2) is 7.42. The Kier molecular flexibility index (Phi) is 4.81. The van der Waals surface area contributed by atoms with Crippen molar-refractivity contribution in [2.75, 3.05) is 19.5 Å². The first-order valence-electron chi connectivity index (χ1n) is 9.22. The Bertz CT molecular complexity index is 1060. The first kappa shape index (κ1) is 18.2. The van der Waals surface area contributed by atoms with Crippen molar-refractivity contribution >= 4 is 22.7 Å². The minimum atomic E-state index is -0.513. The fourth-order valence-corrected chi connectivity index (χ4v) is 3.57. The molecule has 28 heavy (non-hydrogen) atoms. The molecule has 0 saturated heterocycles. The van der Waals surface area contributed by atoms with Crippen LogP contribution < -0.4 is 20.5 Å². The number of hydrogen-bond acceptors (Lipinski definition) is 5. The number of aromatic nitrogens is 1. The maximum Gasteiger partial charge on any atom is 0.417 e. The summed E-state index contributed by atoms with van der Waals surface area (Å²) >= 11 is 0. The van der Waals surface area contributed by atoms with Gasteiger partial charge in [-0.25, -0.2) is 4.79 Å². The lowest BCUT2D eigenvalue weighted by molar-refractivity contribution is -0.116. The van der Waals surface area contributed by atoms with Gasteiger partial charge in [0.2, 0.25) is 5.91 Å². The summed E-state index contributed by atoms with van der Waals surface area (Å²) in [4.78, 5) is 26.5. The summed E-state index contributed by atoms with van der Waals surface area (Å²) in [5.74, 6) is 1.36. The van der Waals surface area contributed by atoms with Crippen LogP contribution in [-0.4, -0.2) is 25.1 Å². The molecule has 1 saturated carbocycles. The minimum Gasteiger partial charge on any atom is -0.493 e. The van der Waals surface area contributed by atoms with Crippen LogP contribution in [0.1, 0.15) is 30.7 Å². The maximum atomic E-state index is 12.7. The Morgan fingerprint density at radius 2 is 1.96 bits per heavy atom. The number of benzene rings is 2. The topological polar surface area (TPSA) is 93.6 Å². The summed E-state index contributed by atoms with van der Waals surface area (Å²) in [5.41, 5.74) is 2.69. The molecule has 0 radical (unpaired) electrons. The number of hydrogen-bond donors (Lipinski definition) is 2. The van der Waals surface area contributed by atoms with E-state index in [4.69, 9.17) is 13.9 Å². The van der Waals surface area contributed by atoms with Crippen molar-refractivity contribution in [1.82, 2.24) is 4.98 Å². The van der Waals surface area contributed by atoms with Gasteiger partial charge in [0, 0.05) is 18.2 Å². The first-order chi connectivity index (χ1) is 13.6. The predicted octanol–water partition coefficient (Wildman–Crippen LogP) is 3.66. The Hall–Kier alpha value is -3.22. The monoisotopic (exact) mass is 382 g/mol. The molecule has 1 unspecified atom stereocenters. The average molecular weight is 382 g/mol. The molecule has 1 aliphatic carbocycles. The zero-order valence-corrected chi connectivity index (χ0v) is 15.8. The molecule has 7 heteroatoms. The van der Waals surface area contributed by atoms with Gasteiger partial charge in [-0.15, -0.1) is 0 Å². The number of amides is 1. The van der Waals surface area contributed by atoms with Crippen molar-refractivity contribution in [1.29, 1.82) is 0 Å². The third-order valence-corrected chi connectivity index (χ3v) is 5.14. The number of carbonyl (C=O) groups excluding carboxylic acids is 1. The Labute approximate surface area is 161 Å². The van der Waals surface area contributed by atoms with Crippen LogP contribution in [0.3, 0.4) is 0 Å². The van der Waals surface area contributed by atoms with Crippen molar-refractivity contribution in [2.24, 2.45) is 5.92 Å². The van der Waals surface area contributed by atoms with Crippen molar-refractivity contribution in [3.05, 3.63) is 52.5 Å². The van der Waals surface area contributed by atoms with E-state index in [0.29, 0.717) is 40.6 Å². The molecule has 1 fully saturated rings. The Morgan fingerprint density at radius 3 is 2.68 bits per heavy atom. The van der Waals surface area contributed by atoms with Crippen molar-refractivity contribution < 1.29 is 18.7 Å². The average Bonchev–Trinajstić information content (AvgIpc) is 3.46. The number of nitrogens with one attached hydrogen (secondary N) is 2. The second-order valence-electron chi connectivity index (χ2n) is 7.04. The third-order valence-electron chi connectivity index (χ3n) is 5.14. The van der Waals surface area contributed by atoms with Crippen molar-refractivity contribution in [3.8, 4) is 11.5 Å². The van der Waals surface area contributed by atoms with Gasteiger partial charge >= 0.3 is 5.76 Å². The molecule has 1 aromatic heterocycles. The Morgan fingerprint density at radius 1 is 1.18 bits per heavy atom. The van der Waals surface area contributed by atoms with E-state index in [1.54, 1.807) is 32.4 Å². The zero-order valence-electron chi connectivity index (χ0n) is 15.8. The SMILES string of the molecule is COc1ccc(C(CC(=O)Nc2ccc3[nH]c(=O)oc3c2)C2CC2)cc1OC. The molecule has 0 aliphatic heterocycles. The van der Waals surface area contributed by atoms with E-state index < -0.39 is 5.76 Å². The number of carbonyl (C=O) groups is 1. The number of oxazole rings is 1. The largest absolute Gasteiger partial charge is 0.493 e. The molecule has 146 valence electrons. The number of rotatable bonds is 7. The van der Waals surface area contributed by atoms with Gasteiger partial charge in [-0.05, 0) is 54.5 Å². The lowest BCUT2D eigenvalue weighted by Gasteiger charge is -2.18. The molecule has 1 atom stereocenters. The van der Waals surface area contributed by atoms with Crippen LogP contribution in [0.15, 0.2) is 45.6 Å². The van der Waals surface area contributed by atoms with Crippen LogP contribution in [0.2, 0.25) is 0 Å². The standard InChI is InChI=1S/C21H22N2O5/c1-26-17-8-5-13(9-19(17)27-2)15(12-3-4-12)11-20(24)22-14-6-7-16-18(10-14)28-21(25)23-16/h5-10,12,15H,3-4,11H2,1-2H3,(H,22,24)(H,23,25). The molecule has 2 N–H and O–H groups in total. The van der Waals surface area contributed by atoms with E-state index in [-0.39, 0.29) is 11.8 Å². The molecular formula is C21H22N2O5. The van der Waals surface area contributed by atoms with Gasteiger partial charge in [0.05, 0.1) is 19.7 Å². The third kappa shape index (κ3) is 3.74. The van der Waals surface area contributed by atoms with Gasteiger partial charge in [-0.2, -0.15) is 0 Å². The van der Waals surface area contributed by atoms with Gasteiger partial charge in [-0.3, -0.25) is 9.78 Å². The van der Waals surface area contributed by atoms with Crippen LogP contribution in [0, 0.1) is 5.92 Å². The lowest BCUT2D eigenvalue weighted by atomic mass is 9.90. The second-order valence-corrected chi connectivity index (χ2v) is 7.04. The van der Waals surface area contributed by atoms with E-state index in [0.717, 1.165) is 18.4 Å². The molecule has 1 amide bonds. The fraction of sp³-hybridized carbons (Fsp3) is 0.333. The van der Waals surface area contributed by atoms with E-state index >= 15 is 0 Å². The molecule has 2 aromatic carbocycles. The van der Waals surface area contributed by atoms with Crippen LogP contribution in [0.25, 0.3) is 11.1 Å². The van der Waals surface area contributed by atoms with Gasteiger partial charge < -0.3 is 19.2 Å². The number of H-pyrrole nitrogens is 1. The zero-order chi connectivity index (χ0) is 19.7. The highest BCUT2D eigenvalue weighted by Crippen LogP contribution is 2.46. The highest BCUT2D eigenvalue weighted by Gasteiger charge is 2.34. The quantitative estimate of drug-likeness (QED) is 0.650. The highest BCUT2D eigenvalue weighted by atomic mass is 16.5. The van der Waals surface area contributed by atoms with Crippen LogP contribution in [0.4, 0.5) is 5.69 Å². The number of fused-ring (bicyclic) bond motifs is 1. The van der Waals surface area contributed by atoms with Crippen LogP contribution in [0.5, 0.6) is 11.5 Å². The summed E-state index contributed by atoms with van der Waals surface area (Å²) in [6.07, 6.45) is 2.61. The molecule has 0 spiro atoms. The number of anilines is 1. The maximum absolute atomic E-state index is 12.7. The van der Waals surface area contributed by atoms with Gasteiger partial charge in [0.1, 0.15) is 0 Å². The predicted molar refractivity (Wildman–Crippen MR) is 105 cm³/mol. The number of aromatic amines is 1. The van der Waals surface area contributed by atoms with Crippen molar-refractivity contribution in [3.63, 3.8) is 0 Å². The number of methoxy groups -OCH3 is 2. The molecule has 1 aliphatic rings. The fourth-order valence-electron chi connectivity index (χ4n) is 3.57. The summed E-state index contributed by atoms with van der Waals surface area (Å²) < 4.78 is 15.8. The minimum absolute atomic E-state index is 0.0797. The van der Waals surface area contributed by atoms with Gasteiger partial charge in [0.25, 0.3) is 0 Å². The van der Waals surface area contributed by atoms with E-state index in [1.807, 2.05) is 18.2 Å². The molecule has 1 heterocycles. The van der Waals surface area contributed by atoms with Crippen LogP contribution >= 0.6 is 0 Å². The summed E-state index contributed by atoms with van der Waals surface area (Å²) in [6.45, 7) is 0. The summed E-state index contributed by atoms with van der Waals surface area (Å²) in [6, 6.07) is 10.9. The smallest absolute Gasteiger partial charge is 0.417 e. The first-order valence-corrected chi connectivity index (χ1v) is 9.22. The lowest BCUT2D eigenvalue weighted by Crippen LogP contribution is -2.17. The highest BCUT2D eigenvalue weighted by molar-refractivity contribution is 5.93. The van der Waals surface area contributed by atoms with E-state index in [9.17, 15) is 9.59 Å².